The van der Waals surface area contributed by atoms with Crippen LogP contribution in [0.25, 0.3) is 11.1 Å². The Morgan fingerprint density at radius 3 is 2.20 bits per heavy atom. The Bertz CT molecular complexity index is 1190. The molecular formula is C28H29N3O4. The number of hydrogen-bond donors (Lipinski definition) is 0. The van der Waals surface area contributed by atoms with Gasteiger partial charge < -0.3 is 9.47 Å². The van der Waals surface area contributed by atoms with Crippen LogP contribution in [-0.4, -0.2) is 56.7 Å². The molecule has 0 atom stereocenters. The maximum atomic E-state index is 13.2. The van der Waals surface area contributed by atoms with Crippen LogP contribution in [0.1, 0.15) is 12.8 Å². The lowest BCUT2D eigenvalue weighted by Gasteiger charge is -2.20. The van der Waals surface area contributed by atoms with Gasteiger partial charge in [-0.3, -0.25) is 14.6 Å². The van der Waals surface area contributed by atoms with Crippen LogP contribution in [0.3, 0.4) is 0 Å². The first-order valence-corrected chi connectivity index (χ1v) is 12.0. The molecule has 0 bridgehead atoms. The smallest absolute Gasteiger partial charge is 0.336 e. The highest BCUT2D eigenvalue weighted by atomic mass is 16.5. The Morgan fingerprint density at radius 1 is 0.800 bits per heavy atom. The van der Waals surface area contributed by atoms with Crippen LogP contribution >= 0.6 is 0 Å². The quantitative estimate of drug-likeness (QED) is 0.441. The zero-order valence-electron chi connectivity index (χ0n) is 19.9. The predicted molar refractivity (Wildman–Crippen MR) is 136 cm³/mol. The first-order chi connectivity index (χ1) is 17.1. The number of ether oxygens (including phenoxy) is 2. The number of benzene rings is 3. The molecule has 0 aliphatic carbocycles. The van der Waals surface area contributed by atoms with E-state index >= 15 is 0 Å². The SMILES string of the molecule is COc1cc(N2CC(=O)N(c3ccc(-c4ccccc4)cc3)C2=O)ccc1OCCN1CCCC1. The summed E-state index contributed by atoms with van der Waals surface area (Å²) in [4.78, 5) is 31.1. The summed E-state index contributed by atoms with van der Waals surface area (Å²) in [5, 5.41) is 0. The minimum atomic E-state index is -0.382. The van der Waals surface area contributed by atoms with Crippen LogP contribution in [0.4, 0.5) is 16.2 Å². The number of imide groups is 1. The van der Waals surface area contributed by atoms with E-state index in [0.29, 0.717) is 29.5 Å². The molecule has 2 aliphatic heterocycles. The van der Waals surface area contributed by atoms with E-state index in [2.05, 4.69) is 4.90 Å². The largest absolute Gasteiger partial charge is 0.493 e. The molecule has 3 amide bonds. The lowest BCUT2D eigenvalue weighted by Crippen LogP contribution is -2.33. The number of anilines is 2. The summed E-state index contributed by atoms with van der Waals surface area (Å²) in [5.41, 5.74) is 3.25. The Labute approximate surface area is 205 Å². The molecule has 3 aromatic carbocycles. The van der Waals surface area contributed by atoms with Crippen LogP contribution in [0, 0.1) is 0 Å². The van der Waals surface area contributed by atoms with E-state index in [9.17, 15) is 9.59 Å². The third-order valence-electron chi connectivity index (χ3n) is 6.52. The van der Waals surface area contributed by atoms with Crippen molar-refractivity contribution in [3.8, 4) is 22.6 Å². The molecule has 0 N–H and O–H groups in total. The molecule has 0 spiro atoms. The molecular weight excluding hydrogens is 442 g/mol. The molecule has 2 fully saturated rings. The van der Waals surface area contributed by atoms with Gasteiger partial charge in [-0.25, -0.2) is 9.69 Å². The number of carbonyl (C=O) groups excluding carboxylic acids is 2. The summed E-state index contributed by atoms with van der Waals surface area (Å²) in [5.74, 6) is 0.893. The van der Waals surface area contributed by atoms with Gasteiger partial charge in [-0.2, -0.15) is 0 Å². The fourth-order valence-electron chi connectivity index (χ4n) is 4.63. The fraction of sp³-hybridized carbons (Fsp3) is 0.286. The third-order valence-corrected chi connectivity index (χ3v) is 6.52. The number of carbonyl (C=O) groups is 2. The van der Waals surface area contributed by atoms with Crippen molar-refractivity contribution in [2.75, 3.05) is 49.7 Å². The minimum absolute atomic E-state index is 0.0302. The van der Waals surface area contributed by atoms with Gasteiger partial charge in [0.05, 0.1) is 12.8 Å². The fourth-order valence-corrected chi connectivity index (χ4v) is 4.63. The molecule has 2 aliphatic rings. The van der Waals surface area contributed by atoms with Crippen molar-refractivity contribution in [2.24, 2.45) is 0 Å². The van der Waals surface area contributed by atoms with Crippen molar-refractivity contribution in [2.45, 2.75) is 12.8 Å². The minimum Gasteiger partial charge on any atom is -0.493 e. The van der Waals surface area contributed by atoms with Gasteiger partial charge in [0, 0.05) is 18.3 Å². The van der Waals surface area contributed by atoms with Gasteiger partial charge in [0.2, 0.25) is 0 Å². The average molecular weight is 472 g/mol. The Hall–Kier alpha value is -3.84. The standard InChI is InChI=1S/C28H29N3O4/c1-34-26-19-24(13-14-25(26)35-18-17-29-15-5-6-16-29)30-20-27(32)31(28(30)33)23-11-9-22(10-12-23)21-7-3-2-4-8-21/h2-4,7-14,19H,5-6,15-18,20H2,1H3. The van der Waals surface area contributed by atoms with E-state index in [-0.39, 0.29) is 18.5 Å². The van der Waals surface area contributed by atoms with Gasteiger partial charge in [0.25, 0.3) is 5.91 Å². The number of methoxy groups -OCH3 is 1. The van der Waals surface area contributed by atoms with E-state index in [1.807, 2.05) is 42.5 Å². The van der Waals surface area contributed by atoms with Crippen molar-refractivity contribution < 1.29 is 19.1 Å². The van der Waals surface area contributed by atoms with Crippen molar-refractivity contribution >= 4 is 23.3 Å². The molecule has 3 aromatic rings. The van der Waals surface area contributed by atoms with Gasteiger partial charge >= 0.3 is 6.03 Å². The summed E-state index contributed by atoms with van der Waals surface area (Å²) in [6, 6.07) is 22.4. The second-order valence-electron chi connectivity index (χ2n) is 8.74. The highest BCUT2D eigenvalue weighted by Gasteiger charge is 2.38. The monoisotopic (exact) mass is 471 g/mol. The summed E-state index contributed by atoms with van der Waals surface area (Å²) < 4.78 is 11.5. The van der Waals surface area contributed by atoms with Gasteiger partial charge in [-0.1, -0.05) is 42.5 Å². The highest BCUT2D eigenvalue weighted by Crippen LogP contribution is 2.34. The number of amides is 3. The molecule has 0 saturated carbocycles. The lowest BCUT2D eigenvalue weighted by molar-refractivity contribution is -0.115. The van der Waals surface area contributed by atoms with Gasteiger partial charge in [0.15, 0.2) is 11.5 Å². The number of hydrogen-bond acceptors (Lipinski definition) is 5. The molecule has 5 rings (SSSR count). The van der Waals surface area contributed by atoms with Gasteiger partial charge in [-0.15, -0.1) is 0 Å². The Kier molecular flexibility index (Phi) is 6.68. The third kappa shape index (κ3) is 4.86. The Morgan fingerprint density at radius 2 is 1.49 bits per heavy atom. The molecule has 2 heterocycles. The van der Waals surface area contributed by atoms with Crippen LogP contribution in [-0.2, 0) is 4.79 Å². The molecule has 180 valence electrons. The second-order valence-corrected chi connectivity index (χ2v) is 8.74. The molecule has 0 radical (unpaired) electrons. The maximum absolute atomic E-state index is 13.2. The summed E-state index contributed by atoms with van der Waals surface area (Å²) >= 11 is 0. The van der Waals surface area contributed by atoms with E-state index in [4.69, 9.17) is 9.47 Å². The van der Waals surface area contributed by atoms with Crippen LogP contribution < -0.4 is 19.3 Å². The van der Waals surface area contributed by atoms with Gasteiger partial charge in [-0.05, 0) is 61.3 Å². The molecule has 35 heavy (non-hydrogen) atoms. The number of rotatable bonds is 8. The van der Waals surface area contributed by atoms with Crippen molar-refractivity contribution in [1.82, 2.24) is 4.90 Å². The topological polar surface area (TPSA) is 62.3 Å². The predicted octanol–water partition coefficient (Wildman–Crippen LogP) is 4.81. The summed E-state index contributed by atoms with van der Waals surface area (Å²) in [6.45, 7) is 3.66. The van der Waals surface area contributed by atoms with Crippen LogP contribution in [0.2, 0.25) is 0 Å². The van der Waals surface area contributed by atoms with Crippen molar-refractivity contribution in [3.05, 3.63) is 72.8 Å². The van der Waals surface area contributed by atoms with E-state index in [1.54, 1.807) is 37.4 Å². The molecule has 2 saturated heterocycles. The van der Waals surface area contributed by atoms with Crippen molar-refractivity contribution in [1.29, 1.82) is 0 Å². The zero-order chi connectivity index (χ0) is 24.2. The van der Waals surface area contributed by atoms with E-state index in [1.165, 1.54) is 22.6 Å². The number of likely N-dealkylation sites (tertiary alicyclic amines) is 1. The average Bonchev–Trinajstić information content (AvgIpc) is 3.52. The van der Waals surface area contributed by atoms with Crippen molar-refractivity contribution in [3.63, 3.8) is 0 Å². The molecule has 0 aromatic heterocycles. The lowest BCUT2D eigenvalue weighted by atomic mass is 10.1. The number of nitrogens with zero attached hydrogens (tertiary/aromatic N) is 3. The first-order valence-electron chi connectivity index (χ1n) is 12.0. The Balaban J connectivity index is 1.29. The first kappa shape index (κ1) is 22.9. The summed E-state index contributed by atoms with van der Waals surface area (Å²) in [6.07, 6.45) is 2.49. The van der Waals surface area contributed by atoms with Crippen LogP contribution in [0.15, 0.2) is 72.8 Å². The molecule has 0 unspecified atom stereocenters. The van der Waals surface area contributed by atoms with Gasteiger partial charge in [0.1, 0.15) is 13.2 Å². The van der Waals surface area contributed by atoms with E-state index < -0.39 is 0 Å². The zero-order valence-corrected chi connectivity index (χ0v) is 19.9. The second kappa shape index (κ2) is 10.2. The van der Waals surface area contributed by atoms with E-state index in [0.717, 1.165) is 30.8 Å². The molecule has 7 heteroatoms. The summed E-state index contributed by atoms with van der Waals surface area (Å²) in [7, 11) is 1.57. The molecule has 7 nitrogen and oxygen atoms in total. The normalized spacial score (nSPS) is 16.3. The maximum Gasteiger partial charge on any atom is 0.336 e. The number of urea groups is 1. The highest BCUT2D eigenvalue weighted by molar-refractivity contribution is 6.27. The van der Waals surface area contributed by atoms with Crippen LogP contribution in [0.5, 0.6) is 11.5 Å².